The highest BCUT2D eigenvalue weighted by atomic mass is 32.1. The van der Waals surface area contributed by atoms with E-state index in [2.05, 4.69) is 28.6 Å². The molecule has 5 heteroatoms. The number of amides is 1. The first-order chi connectivity index (χ1) is 10.2. The molecule has 1 saturated carbocycles. The molecule has 1 aliphatic carbocycles. The molecular weight excluding hydrogens is 284 g/mol. The van der Waals surface area contributed by atoms with Crippen LogP contribution in [-0.4, -0.2) is 41.7 Å². The smallest absolute Gasteiger partial charge is 0.222 e. The van der Waals surface area contributed by atoms with Gasteiger partial charge < -0.3 is 10.4 Å². The molecule has 2 fully saturated rings. The quantitative estimate of drug-likeness (QED) is 0.842. The molecule has 1 aliphatic heterocycles. The van der Waals surface area contributed by atoms with E-state index in [1.54, 1.807) is 0 Å². The number of nitrogens with one attached hydrogen (secondary N) is 1. The second kappa shape index (κ2) is 6.46. The number of likely N-dealkylation sites (tertiary alicyclic amines) is 1. The Morgan fingerprint density at radius 1 is 1.48 bits per heavy atom. The van der Waals surface area contributed by atoms with E-state index in [1.165, 1.54) is 23.3 Å². The summed E-state index contributed by atoms with van der Waals surface area (Å²) in [6, 6.07) is 2.44. The van der Waals surface area contributed by atoms with Crippen molar-refractivity contribution in [3.05, 3.63) is 21.9 Å². The van der Waals surface area contributed by atoms with Gasteiger partial charge in [0.1, 0.15) is 0 Å². The van der Waals surface area contributed by atoms with Gasteiger partial charge in [0.2, 0.25) is 5.91 Å². The highest BCUT2D eigenvalue weighted by Crippen LogP contribution is 2.42. The van der Waals surface area contributed by atoms with Gasteiger partial charge in [0, 0.05) is 37.0 Å². The summed E-state index contributed by atoms with van der Waals surface area (Å²) in [4.78, 5) is 15.7. The topological polar surface area (TPSA) is 52.6 Å². The average Bonchev–Trinajstić information content (AvgIpc) is 3.10. The zero-order valence-electron chi connectivity index (χ0n) is 12.5. The minimum atomic E-state index is -0.0647. The normalized spacial score (nSPS) is 26.2. The van der Waals surface area contributed by atoms with Crippen molar-refractivity contribution in [2.24, 2.45) is 11.8 Å². The summed E-state index contributed by atoms with van der Waals surface area (Å²) >= 11 is 1.82. The van der Waals surface area contributed by atoms with Crippen LogP contribution in [0.5, 0.6) is 0 Å². The van der Waals surface area contributed by atoms with Crippen molar-refractivity contribution < 1.29 is 9.90 Å². The number of hydrogen-bond acceptors (Lipinski definition) is 4. The summed E-state index contributed by atoms with van der Waals surface area (Å²) in [5.41, 5.74) is 1.37. The Kier molecular flexibility index (Phi) is 4.62. The van der Waals surface area contributed by atoms with E-state index in [0.29, 0.717) is 5.92 Å². The lowest BCUT2D eigenvalue weighted by Crippen LogP contribution is -2.41. The summed E-state index contributed by atoms with van der Waals surface area (Å²) < 4.78 is 0. The van der Waals surface area contributed by atoms with Crippen LogP contribution in [0, 0.1) is 18.8 Å². The van der Waals surface area contributed by atoms with Crippen molar-refractivity contribution in [2.75, 3.05) is 19.7 Å². The van der Waals surface area contributed by atoms with Gasteiger partial charge in [0.05, 0.1) is 6.61 Å². The molecule has 2 N–H and O–H groups in total. The highest BCUT2D eigenvalue weighted by molar-refractivity contribution is 7.10. The molecule has 0 bridgehead atoms. The molecule has 116 valence electrons. The fourth-order valence-corrected chi connectivity index (χ4v) is 4.29. The van der Waals surface area contributed by atoms with Gasteiger partial charge in [-0.3, -0.25) is 9.69 Å². The van der Waals surface area contributed by atoms with E-state index < -0.39 is 0 Å². The molecule has 0 unspecified atom stereocenters. The minimum absolute atomic E-state index is 0.0118. The first-order valence-corrected chi connectivity index (χ1v) is 8.71. The van der Waals surface area contributed by atoms with Gasteiger partial charge in [0.15, 0.2) is 0 Å². The lowest BCUT2D eigenvalue weighted by Gasteiger charge is -2.19. The lowest BCUT2D eigenvalue weighted by molar-refractivity contribution is -0.122. The molecule has 0 radical (unpaired) electrons. The maximum Gasteiger partial charge on any atom is 0.222 e. The molecular formula is C16H24N2O2S. The second-order valence-electron chi connectivity index (χ2n) is 6.37. The van der Waals surface area contributed by atoms with Gasteiger partial charge in [-0.2, -0.15) is 0 Å². The van der Waals surface area contributed by atoms with Crippen LogP contribution in [0.2, 0.25) is 0 Å². The molecule has 1 saturated heterocycles. The van der Waals surface area contributed by atoms with Crippen molar-refractivity contribution in [1.82, 2.24) is 10.2 Å². The van der Waals surface area contributed by atoms with E-state index in [4.69, 9.17) is 5.11 Å². The summed E-state index contributed by atoms with van der Waals surface area (Å²) in [6.07, 6.45) is 2.84. The third-order valence-corrected chi connectivity index (χ3v) is 5.70. The number of carbonyl (C=O) groups excluding carboxylic acids is 1. The molecule has 1 aromatic heterocycles. The number of aliphatic hydroxyl groups is 1. The fraction of sp³-hybridized carbons (Fsp3) is 0.688. The van der Waals surface area contributed by atoms with Crippen LogP contribution in [0.3, 0.4) is 0 Å². The second-order valence-corrected chi connectivity index (χ2v) is 7.37. The molecule has 4 nitrogen and oxygen atoms in total. The minimum Gasteiger partial charge on any atom is -0.396 e. The fourth-order valence-electron chi connectivity index (χ4n) is 3.35. The predicted octanol–water partition coefficient (Wildman–Crippen LogP) is 1.77. The maximum atomic E-state index is 11.8. The van der Waals surface area contributed by atoms with Crippen LogP contribution in [0.4, 0.5) is 0 Å². The van der Waals surface area contributed by atoms with Gasteiger partial charge in [-0.25, -0.2) is 0 Å². The lowest BCUT2D eigenvalue weighted by atomic mass is 9.98. The molecule has 1 aromatic rings. The van der Waals surface area contributed by atoms with E-state index >= 15 is 0 Å². The van der Waals surface area contributed by atoms with Crippen molar-refractivity contribution in [3.63, 3.8) is 0 Å². The number of carbonyl (C=O) groups is 1. The summed E-state index contributed by atoms with van der Waals surface area (Å²) in [7, 11) is 0. The van der Waals surface area contributed by atoms with Gasteiger partial charge in [0.25, 0.3) is 0 Å². The van der Waals surface area contributed by atoms with Crippen molar-refractivity contribution in [1.29, 1.82) is 0 Å². The van der Waals surface area contributed by atoms with Crippen LogP contribution < -0.4 is 5.32 Å². The number of rotatable bonds is 6. The summed E-state index contributed by atoms with van der Waals surface area (Å²) in [6.45, 7) is 5.13. The summed E-state index contributed by atoms with van der Waals surface area (Å²) in [5, 5.41) is 14.2. The first-order valence-electron chi connectivity index (χ1n) is 7.83. The molecule has 2 aliphatic rings. The third-order valence-electron chi connectivity index (χ3n) is 4.69. The van der Waals surface area contributed by atoms with E-state index in [9.17, 15) is 4.79 Å². The van der Waals surface area contributed by atoms with E-state index in [1.807, 2.05) is 11.3 Å². The number of aryl methyl sites for hydroxylation is 1. The summed E-state index contributed by atoms with van der Waals surface area (Å²) in [5.74, 6) is 1.37. The largest absolute Gasteiger partial charge is 0.396 e. The number of aliphatic hydroxyl groups excluding tert-OH is 1. The van der Waals surface area contributed by atoms with Crippen LogP contribution in [0.15, 0.2) is 11.4 Å². The average molecular weight is 308 g/mol. The molecule has 2 atom stereocenters. The van der Waals surface area contributed by atoms with Gasteiger partial charge in [-0.15, -0.1) is 11.3 Å². The highest BCUT2D eigenvalue weighted by Gasteiger charge is 2.42. The van der Waals surface area contributed by atoms with Crippen molar-refractivity contribution in [2.45, 2.75) is 38.8 Å². The third kappa shape index (κ3) is 3.65. The van der Waals surface area contributed by atoms with Crippen LogP contribution in [-0.2, 0) is 11.3 Å². The Morgan fingerprint density at radius 3 is 2.90 bits per heavy atom. The Bertz CT molecular complexity index is 498. The van der Waals surface area contributed by atoms with Crippen LogP contribution >= 0.6 is 11.3 Å². The molecule has 0 spiro atoms. The standard InChI is InChI=1S/C16H24N2O2S/c1-11-5-7-21-15(11)10-18-8-13(12-2-3-12)14(9-18)17-16(20)4-6-19/h5,7,12-14,19H,2-4,6,8-10H2,1H3,(H,17,20)/t13-,14+/m1/s1. The first kappa shape index (κ1) is 15.0. The monoisotopic (exact) mass is 308 g/mol. The Balaban J connectivity index is 1.61. The van der Waals surface area contributed by atoms with Crippen LogP contribution in [0.25, 0.3) is 0 Å². The molecule has 21 heavy (non-hydrogen) atoms. The van der Waals surface area contributed by atoms with Gasteiger partial charge >= 0.3 is 0 Å². The van der Waals surface area contributed by atoms with Crippen molar-refractivity contribution in [3.8, 4) is 0 Å². The molecule has 3 rings (SSSR count). The van der Waals surface area contributed by atoms with Gasteiger partial charge in [-0.05, 0) is 48.6 Å². The number of nitrogens with zero attached hydrogens (tertiary/aromatic N) is 1. The van der Waals surface area contributed by atoms with Crippen molar-refractivity contribution >= 4 is 17.2 Å². The van der Waals surface area contributed by atoms with E-state index in [0.717, 1.165) is 25.6 Å². The van der Waals surface area contributed by atoms with Gasteiger partial charge in [-0.1, -0.05) is 0 Å². The SMILES string of the molecule is Cc1ccsc1CN1C[C@H](NC(=O)CCO)[C@@H](C2CC2)C1. The zero-order valence-corrected chi connectivity index (χ0v) is 13.4. The maximum absolute atomic E-state index is 11.8. The Labute approximate surface area is 130 Å². The zero-order chi connectivity index (χ0) is 14.8. The van der Waals surface area contributed by atoms with Crippen LogP contribution in [0.1, 0.15) is 29.7 Å². The number of thiophene rings is 1. The predicted molar refractivity (Wildman–Crippen MR) is 84.2 cm³/mol. The molecule has 2 heterocycles. The molecule has 1 amide bonds. The molecule has 0 aromatic carbocycles. The Hall–Kier alpha value is -0.910. The van der Waals surface area contributed by atoms with E-state index in [-0.39, 0.29) is 25.0 Å². The number of hydrogen-bond donors (Lipinski definition) is 2. The Morgan fingerprint density at radius 2 is 2.29 bits per heavy atom.